The van der Waals surface area contributed by atoms with Crippen LogP contribution >= 0.6 is 0 Å². The van der Waals surface area contributed by atoms with Gasteiger partial charge in [0.15, 0.2) is 9.84 Å². The zero-order chi connectivity index (χ0) is 21.9. The lowest BCUT2D eigenvalue weighted by Crippen LogP contribution is -2.41. The average Bonchev–Trinajstić information content (AvgIpc) is 2.73. The fraction of sp³-hybridized carbons (Fsp3) is 0.350. The average molecular weight is 453 g/mol. The Kier molecular flexibility index (Phi) is 6.49. The quantitative estimate of drug-likeness (QED) is 0.719. The summed E-state index contributed by atoms with van der Waals surface area (Å²) in [5.74, 6) is 0.0550. The maximum absolute atomic E-state index is 12.8. The summed E-state index contributed by atoms with van der Waals surface area (Å²) in [6, 6.07) is 12.2. The van der Waals surface area contributed by atoms with Gasteiger partial charge < -0.3 is 10.1 Å². The molecule has 8 nitrogen and oxygen atoms in total. The zero-order valence-corrected chi connectivity index (χ0v) is 18.4. The molecule has 0 aromatic heterocycles. The van der Waals surface area contributed by atoms with Gasteiger partial charge in [0.25, 0.3) is 0 Å². The summed E-state index contributed by atoms with van der Waals surface area (Å²) in [4.78, 5) is 12.9. The lowest BCUT2D eigenvalue weighted by molar-refractivity contribution is -0.120. The zero-order valence-electron chi connectivity index (χ0n) is 16.7. The Hall–Kier alpha value is -2.43. The summed E-state index contributed by atoms with van der Waals surface area (Å²) >= 11 is 0. The number of methoxy groups -OCH3 is 1. The van der Waals surface area contributed by atoms with Crippen molar-refractivity contribution >= 4 is 31.5 Å². The molecule has 0 radical (unpaired) electrons. The number of carbonyl (C=O) groups excluding carboxylic acids is 1. The number of sulfone groups is 1. The molecule has 0 unspecified atom stereocenters. The molecule has 1 heterocycles. The van der Waals surface area contributed by atoms with E-state index < -0.39 is 19.9 Å². The maximum Gasteiger partial charge on any atom is 0.243 e. The Bertz CT molecular complexity index is 1100. The molecule has 2 aromatic carbocycles. The van der Waals surface area contributed by atoms with Crippen LogP contribution in [-0.2, 0) is 24.7 Å². The first-order valence-corrected chi connectivity index (χ1v) is 12.7. The van der Waals surface area contributed by atoms with Gasteiger partial charge in [-0.25, -0.2) is 16.8 Å². The number of rotatable bonds is 6. The number of hydrogen-bond donors (Lipinski definition) is 1. The van der Waals surface area contributed by atoms with Crippen molar-refractivity contribution in [2.45, 2.75) is 22.6 Å². The van der Waals surface area contributed by atoms with Gasteiger partial charge in [0.1, 0.15) is 5.75 Å². The van der Waals surface area contributed by atoms with E-state index in [4.69, 9.17) is 4.74 Å². The van der Waals surface area contributed by atoms with Crippen LogP contribution in [0.1, 0.15) is 12.8 Å². The van der Waals surface area contributed by atoms with E-state index in [2.05, 4.69) is 5.32 Å². The minimum Gasteiger partial charge on any atom is -0.497 e. The van der Waals surface area contributed by atoms with E-state index >= 15 is 0 Å². The largest absolute Gasteiger partial charge is 0.497 e. The minimum absolute atomic E-state index is 0.178. The number of carbonyl (C=O) groups is 1. The van der Waals surface area contributed by atoms with Gasteiger partial charge in [-0.15, -0.1) is 0 Å². The fourth-order valence-corrected chi connectivity index (χ4v) is 5.39. The monoisotopic (exact) mass is 452 g/mol. The third-order valence-corrected chi connectivity index (χ3v) is 8.11. The van der Waals surface area contributed by atoms with Crippen LogP contribution in [-0.4, -0.2) is 53.5 Å². The molecule has 3 rings (SSSR count). The molecule has 0 saturated carbocycles. The van der Waals surface area contributed by atoms with Gasteiger partial charge in [-0.3, -0.25) is 4.79 Å². The molecular weight excluding hydrogens is 428 g/mol. The molecule has 1 saturated heterocycles. The number of benzene rings is 2. The summed E-state index contributed by atoms with van der Waals surface area (Å²) in [6.07, 6.45) is 1.93. The van der Waals surface area contributed by atoms with Crippen molar-refractivity contribution in [2.75, 3.05) is 31.8 Å². The van der Waals surface area contributed by atoms with Crippen molar-refractivity contribution in [3.63, 3.8) is 0 Å². The van der Waals surface area contributed by atoms with Gasteiger partial charge in [0.2, 0.25) is 15.9 Å². The number of amides is 1. The summed E-state index contributed by atoms with van der Waals surface area (Å²) in [6.45, 7) is 0.499. The van der Waals surface area contributed by atoms with Crippen molar-refractivity contribution in [1.29, 1.82) is 0 Å². The molecule has 0 aliphatic carbocycles. The van der Waals surface area contributed by atoms with Crippen molar-refractivity contribution in [1.82, 2.24) is 4.31 Å². The number of anilines is 1. The van der Waals surface area contributed by atoms with Crippen molar-refractivity contribution < 1.29 is 26.4 Å². The SMILES string of the molecule is COc1ccc(S(=O)(=O)N2CCC(C(=O)Nc3ccc(S(C)(=O)=O)cc3)CC2)cc1. The van der Waals surface area contributed by atoms with Crippen LogP contribution in [0.4, 0.5) is 5.69 Å². The highest BCUT2D eigenvalue weighted by Gasteiger charge is 2.32. The number of piperidine rings is 1. The number of nitrogens with one attached hydrogen (secondary N) is 1. The molecule has 1 aliphatic rings. The molecule has 2 aromatic rings. The van der Waals surface area contributed by atoms with Crippen LogP contribution in [0, 0.1) is 5.92 Å². The first-order valence-electron chi connectivity index (χ1n) is 9.36. The summed E-state index contributed by atoms with van der Waals surface area (Å²) in [7, 11) is -5.41. The molecular formula is C20H24N2O6S2. The molecule has 1 fully saturated rings. The highest BCUT2D eigenvalue weighted by atomic mass is 32.2. The van der Waals surface area contributed by atoms with E-state index in [-0.39, 0.29) is 34.7 Å². The van der Waals surface area contributed by atoms with Gasteiger partial charge >= 0.3 is 0 Å². The highest BCUT2D eigenvalue weighted by Crippen LogP contribution is 2.26. The lowest BCUT2D eigenvalue weighted by atomic mass is 9.97. The Morgan fingerprint density at radius 2 is 1.47 bits per heavy atom. The molecule has 0 spiro atoms. The van der Waals surface area contributed by atoms with Crippen LogP contribution in [0.2, 0.25) is 0 Å². The standard InChI is InChI=1S/C20H24N2O6S2/c1-28-17-5-9-19(10-6-17)30(26,27)22-13-11-15(12-14-22)20(23)21-16-3-7-18(8-4-16)29(2,24)25/h3-10,15H,11-14H2,1-2H3,(H,21,23). The van der Waals surface area contributed by atoms with Gasteiger partial charge in [0.05, 0.1) is 16.9 Å². The second kappa shape index (κ2) is 8.75. The van der Waals surface area contributed by atoms with Crippen molar-refractivity contribution in [3.8, 4) is 5.75 Å². The lowest BCUT2D eigenvalue weighted by Gasteiger charge is -2.30. The third kappa shape index (κ3) is 5.00. The van der Waals surface area contributed by atoms with Crippen molar-refractivity contribution in [2.24, 2.45) is 5.92 Å². The van der Waals surface area contributed by atoms with Crippen LogP contribution in [0.25, 0.3) is 0 Å². The number of nitrogens with zero attached hydrogens (tertiary/aromatic N) is 1. The molecule has 1 N–H and O–H groups in total. The van der Waals surface area contributed by atoms with E-state index in [1.165, 1.54) is 47.8 Å². The summed E-state index contributed by atoms with van der Waals surface area (Å²) in [5.41, 5.74) is 0.501. The van der Waals surface area contributed by atoms with Gasteiger partial charge in [0, 0.05) is 31.0 Å². The normalized spacial score (nSPS) is 16.2. The van der Waals surface area contributed by atoms with Gasteiger partial charge in [-0.1, -0.05) is 0 Å². The second-order valence-electron chi connectivity index (χ2n) is 7.14. The topological polar surface area (TPSA) is 110 Å². The first-order chi connectivity index (χ1) is 14.1. The van der Waals surface area contributed by atoms with Gasteiger partial charge in [-0.05, 0) is 61.4 Å². The van der Waals surface area contributed by atoms with E-state index in [9.17, 15) is 21.6 Å². The predicted octanol–water partition coefficient (Wildman–Crippen LogP) is 2.14. The van der Waals surface area contributed by atoms with Crippen LogP contribution in [0.5, 0.6) is 5.75 Å². The number of hydrogen-bond acceptors (Lipinski definition) is 6. The Labute approximate surface area is 176 Å². The molecule has 1 aliphatic heterocycles. The third-order valence-electron chi connectivity index (χ3n) is 5.07. The number of ether oxygens (including phenoxy) is 1. The van der Waals surface area contributed by atoms with E-state index in [1.54, 1.807) is 12.1 Å². The fourth-order valence-electron chi connectivity index (χ4n) is 3.28. The Balaban J connectivity index is 1.59. The van der Waals surface area contributed by atoms with Gasteiger partial charge in [-0.2, -0.15) is 4.31 Å². The Morgan fingerprint density at radius 1 is 0.933 bits per heavy atom. The number of sulfonamides is 1. The molecule has 0 atom stereocenters. The summed E-state index contributed by atoms with van der Waals surface area (Å²) in [5, 5.41) is 2.77. The molecule has 162 valence electrons. The molecule has 0 bridgehead atoms. The van der Waals surface area contributed by atoms with E-state index in [0.29, 0.717) is 24.3 Å². The highest BCUT2D eigenvalue weighted by molar-refractivity contribution is 7.90. The molecule has 30 heavy (non-hydrogen) atoms. The van der Waals surface area contributed by atoms with E-state index in [1.807, 2.05) is 0 Å². The first kappa shape index (κ1) is 22.3. The van der Waals surface area contributed by atoms with Crippen LogP contribution < -0.4 is 10.1 Å². The maximum atomic E-state index is 12.8. The minimum atomic E-state index is -3.62. The molecule has 10 heteroatoms. The van der Waals surface area contributed by atoms with Crippen molar-refractivity contribution in [3.05, 3.63) is 48.5 Å². The molecule has 1 amide bonds. The Morgan fingerprint density at radius 3 is 1.97 bits per heavy atom. The van der Waals surface area contributed by atoms with Crippen LogP contribution in [0.15, 0.2) is 58.3 Å². The smallest absolute Gasteiger partial charge is 0.243 e. The summed E-state index contributed by atoms with van der Waals surface area (Å²) < 4.78 is 55.1. The van der Waals surface area contributed by atoms with E-state index in [0.717, 1.165) is 6.26 Å². The predicted molar refractivity (Wildman–Crippen MR) is 113 cm³/mol. The van der Waals surface area contributed by atoms with Crippen LogP contribution in [0.3, 0.4) is 0 Å². The second-order valence-corrected chi connectivity index (χ2v) is 11.1.